The van der Waals surface area contributed by atoms with Gasteiger partial charge in [-0.2, -0.15) is 0 Å². The Hall–Kier alpha value is -0.570. The number of benzene rings is 1. The molecule has 1 saturated carbocycles. The van der Waals surface area contributed by atoms with Crippen molar-refractivity contribution in [1.29, 1.82) is 0 Å². The third-order valence-corrected chi connectivity index (χ3v) is 4.83. The summed E-state index contributed by atoms with van der Waals surface area (Å²) in [5.74, 6) is 0. The Morgan fingerprint density at radius 1 is 1.25 bits per heavy atom. The highest BCUT2D eigenvalue weighted by atomic mass is 35.5. The Kier molecular flexibility index (Phi) is 5.88. The molecule has 1 unspecified atom stereocenters. The third-order valence-electron chi connectivity index (χ3n) is 4.60. The van der Waals surface area contributed by atoms with Gasteiger partial charge < -0.3 is 5.73 Å². The first-order valence-electron chi connectivity index (χ1n) is 7.92. The maximum absolute atomic E-state index is 6.16. The SMILES string of the molecule is CCC(c1cccc(Cl)c1)N(CC)C1CCC(N)CC1. The van der Waals surface area contributed by atoms with Crippen LogP contribution in [0.4, 0.5) is 0 Å². The number of nitrogens with two attached hydrogens (primary N) is 1. The maximum Gasteiger partial charge on any atom is 0.0409 e. The fourth-order valence-corrected chi connectivity index (χ4v) is 3.74. The van der Waals surface area contributed by atoms with Crippen molar-refractivity contribution in [3.8, 4) is 0 Å². The summed E-state index contributed by atoms with van der Waals surface area (Å²) in [5.41, 5.74) is 7.39. The summed E-state index contributed by atoms with van der Waals surface area (Å²) in [5, 5.41) is 0.836. The Morgan fingerprint density at radius 3 is 2.50 bits per heavy atom. The largest absolute Gasteiger partial charge is 0.328 e. The lowest BCUT2D eigenvalue weighted by Gasteiger charge is -2.40. The molecule has 1 aromatic rings. The van der Waals surface area contributed by atoms with E-state index in [1.807, 2.05) is 6.07 Å². The number of halogens is 1. The van der Waals surface area contributed by atoms with Gasteiger partial charge in [0.25, 0.3) is 0 Å². The van der Waals surface area contributed by atoms with Crippen molar-refractivity contribution in [2.45, 2.75) is 64.1 Å². The van der Waals surface area contributed by atoms with Crippen LogP contribution in [0.25, 0.3) is 0 Å². The van der Waals surface area contributed by atoms with E-state index in [1.54, 1.807) is 0 Å². The number of hydrogen-bond acceptors (Lipinski definition) is 2. The molecular formula is C17H27ClN2. The van der Waals surface area contributed by atoms with Gasteiger partial charge in [0.15, 0.2) is 0 Å². The second-order valence-corrected chi connectivity index (χ2v) is 6.31. The second kappa shape index (κ2) is 7.44. The van der Waals surface area contributed by atoms with Crippen LogP contribution in [-0.4, -0.2) is 23.5 Å². The van der Waals surface area contributed by atoms with Crippen molar-refractivity contribution < 1.29 is 0 Å². The molecule has 1 aromatic carbocycles. The lowest BCUT2D eigenvalue weighted by atomic mass is 9.88. The first-order chi connectivity index (χ1) is 9.65. The molecule has 1 atom stereocenters. The van der Waals surface area contributed by atoms with Crippen LogP contribution in [0.5, 0.6) is 0 Å². The minimum atomic E-state index is 0.413. The van der Waals surface area contributed by atoms with Crippen molar-refractivity contribution >= 4 is 11.6 Å². The molecule has 0 aromatic heterocycles. The van der Waals surface area contributed by atoms with Gasteiger partial charge in [-0.25, -0.2) is 0 Å². The molecule has 0 amide bonds. The van der Waals surface area contributed by atoms with Crippen molar-refractivity contribution in [2.24, 2.45) is 5.73 Å². The van der Waals surface area contributed by atoms with Gasteiger partial charge in [-0.1, -0.05) is 37.6 Å². The Labute approximate surface area is 128 Å². The Morgan fingerprint density at radius 2 is 1.95 bits per heavy atom. The third kappa shape index (κ3) is 3.75. The molecule has 112 valence electrons. The fraction of sp³-hybridized carbons (Fsp3) is 0.647. The highest BCUT2D eigenvalue weighted by Crippen LogP contribution is 2.32. The van der Waals surface area contributed by atoms with Gasteiger partial charge in [0, 0.05) is 23.1 Å². The minimum Gasteiger partial charge on any atom is -0.328 e. The monoisotopic (exact) mass is 294 g/mol. The zero-order chi connectivity index (χ0) is 14.5. The van der Waals surface area contributed by atoms with E-state index < -0.39 is 0 Å². The van der Waals surface area contributed by atoms with Gasteiger partial charge >= 0.3 is 0 Å². The summed E-state index contributed by atoms with van der Waals surface area (Å²) in [7, 11) is 0. The highest BCUT2D eigenvalue weighted by Gasteiger charge is 2.28. The molecule has 2 rings (SSSR count). The molecule has 0 aliphatic heterocycles. The van der Waals surface area contributed by atoms with E-state index in [-0.39, 0.29) is 0 Å². The molecule has 2 N–H and O–H groups in total. The van der Waals surface area contributed by atoms with E-state index in [0.717, 1.165) is 30.8 Å². The number of rotatable bonds is 5. The van der Waals surface area contributed by atoms with Gasteiger partial charge in [0.1, 0.15) is 0 Å². The van der Waals surface area contributed by atoms with E-state index in [1.165, 1.54) is 18.4 Å². The summed E-state index contributed by atoms with van der Waals surface area (Å²) >= 11 is 6.16. The van der Waals surface area contributed by atoms with Gasteiger partial charge in [-0.3, -0.25) is 4.90 Å². The average molecular weight is 295 g/mol. The minimum absolute atomic E-state index is 0.413. The van der Waals surface area contributed by atoms with E-state index in [4.69, 9.17) is 17.3 Å². The van der Waals surface area contributed by atoms with Crippen LogP contribution in [0.15, 0.2) is 24.3 Å². The van der Waals surface area contributed by atoms with Gasteiger partial charge in [0.2, 0.25) is 0 Å². The van der Waals surface area contributed by atoms with Gasteiger partial charge in [0.05, 0.1) is 0 Å². The Balaban J connectivity index is 2.15. The zero-order valence-electron chi connectivity index (χ0n) is 12.7. The van der Waals surface area contributed by atoms with Crippen LogP contribution in [0.2, 0.25) is 5.02 Å². The lowest BCUT2D eigenvalue weighted by molar-refractivity contribution is 0.103. The molecule has 1 fully saturated rings. The molecule has 1 aliphatic rings. The van der Waals surface area contributed by atoms with Crippen molar-refractivity contribution in [2.75, 3.05) is 6.54 Å². The maximum atomic E-state index is 6.16. The average Bonchev–Trinajstić information content (AvgIpc) is 2.46. The zero-order valence-corrected chi connectivity index (χ0v) is 13.4. The van der Waals surface area contributed by atoms with Crippen LogP contribution in [-0.2, 0) is 0 Å². The molecule has 20 heavy (non-hydrogen) atoms. The number of nitrogens with zero attached hydrogens (tertiary/aromatic N) is 1. The Bertz CT molecular complexity index is 413. The standard InChI is InChI=1S/C17H27ClN2/c1-3-17(13-6-5-7-14(18)12-13)20(4-2)16-10-8-15(19)9-11-16/h5-7,12,15-17H,3-4,8-11,19H2,1-2H3. The van der Waals surface area contributed by atoms with Crippen molar-refractivity contribution in [1.82, 2.24) is 4.90 Å². The highest BCUT2D eigenvalue weighted by molar-refractivity contribution is 6.30. The fourth-order valence-electron chi connectivity index (χ4n) is 3.54. The topological polar surface area (TPSA) is 29.3 Å². The summed E-state index contributed by atoms with van der Waals surface area (Å²) in [4.78, 5) is 2.65. The normalized spacial score (nSPS) is 24.9. The molecule has 0 radical (unpaired) electrons. The molecule has 0 heterocycles. The second-order valence-electron chi connectivity index (χ2n) is 5.88. The summed E-state index contributed by atoms with van der Waals surface area (Å²) in [6.45, 7) is 5.62. The van der Waals surface area contributed by atoms with Crippen molar-refractivity contribution in [3.63, 3.8) is 0 Å². The predicted octanol–water partition coefficient (Wildman–Crippen LogP) is 4.38. The quantitative estimate of drug-likeness (QED) is 0.873. The first-order valence-corrected chi connectivity index (χ1v) is 8.30. The molecule has 0 spiro atoms. The van der Waals surface area contributed by atoms with Crippen LogP contribution < -0.4 is 5.73 Å². The van der Waals surface area contributed by atoms with Crippen LogP contribution in [0.3, 0.4) is 0 Å². The van der Waals surface area contributed by atoms with E-state index in [9.17, 15) is 0 Å². The summed E-state index contributed by atoms with van der Waals surface area (Å²) in [6.07, 6.45) is 5.90. The van der Waals surface area contributed by atoms with Crippen molar-refractivity contribution in [3.05, 3.63) is 34.9 Å². The van der Waals surface area contributed by atoms with E-state index in [2.05, 4.69) is 36.9 Å². The van der Waals surface area contributed by atoms with E-state index >= 15 is 0 Å². The molecule has 3 heteroatoms. The van der Waals surface area contributed by atoms with Crippen LogP contribution in [0, 0.1) is 0 Å². The van der Waals surface area contributed by atoms with Crippen LogP contribution >= 0.6 is 11.6 Å². The first kappa shape index (κ1) is 15.8. The molecular weight excluding hydrogens is 268 g/mol. The predicted molar refractivity (Wildman–Crippen MR) is 87.1 cm³/mol. The lowest BCUT2D eigenvalue weighted by Crippen LogP contribution is -2.42. The molecule has 0 bridgehead atoms. The van der Waals surface area contributed by atoms with Gasteiger partial charge in [-0.15, -0.1) is 0 Å². The smallest absolute Gasteiger partial charge is 0.0409 e. The van der Waals surface area contributed by atoms with E-state index in [0.29, 0.717) is 18.1 Å². The van der Waals surface area contributed by atoms with Gasteiger partial charge in [-0.05, 0) is 56.3 Å². The van der Waals surface area contributed by atoms with Crippen LogP contribution in [0.1, 0.15) is 57.6 Å². The molecule has 0 saturated heterocycles. The number of hydrogen-bond donors (Lipinski definition) is 1. The summed E-state index contributed by atoms with van der Waals surface area (Å²) < 4.78 is 0. The molecule has 1 aliphatic carbocycles. The summed E-state index contributed by atoms with van der Waals surface area (Å²) in [6, 6.07) is 9.89. The molecule has 2 nitrogen and oxygen atoms in total.